The van der Waals surface area contributed by atoms with Crippen LogP contribution in [-0.4, -0.2) is 14.0 Å². The smallest absolute Gasteiger partial charge is 0.273 e. The van der Waals surface area contributed by atoms with Gasteiger partial charge in [-0.25, -0.2) is 4.98 Å². The summed E-state index contributed by atoms with van der Waals surface area (Å²) < 4.78 is 3.75. The van der Waals surface area contributed by atoms with Gasteiger partial charge in [0.25, 0.3) is 5.56 Å². The molecule has 0 fully saturated rings. The summed E-state index contributed by atoms with van der Waals surface area (Å²) in [5.41, 5.74) is -0.0828. The third-order valence-electron chi connectivity index (χ3n) is 1.69. The molecular formula is C7H6BrN3O. The molecule has 5 heteroatoms. The van der Waals surface area contributed by atoms with Gasteiger partial charge in [0.15, 0.2) is 0 Å². The highest BCUT2D eigenvalue weighted by Gasteiger charge is 2.03. The quantitative estimate of drug-likeness (QED) is 0.668. The summed E-state index contributed by atoms with van der Waals surface area (Å²) in [4.78, 5) is 15.5. The third kappa shape index (κ3) is 0.896. The van der Waals surface area contributed by atoms with Crippen LogP contribution in [0.5, 0.6) is 0 Å². The Kier molecular flexibility index (Phi) is 1.54. The van der Waals surface area contributed by atoms with Crippen LogP contribution in [0.25, 0.3) is 5.78 Å². The lowest BCUT2D eigenvalue weighted by molar-refractivity contribution is 0.910. The van der Waals surface area contributed by atoms with Crippen molar-refractivity contribution in [2.75, 3.05) is 0 Å². The molecule has 2 heterocycles. The number of aromatic nitrogens is 3. The average Bonchev–Trinajstić information content (AvgIpc) is 2.41. The second-order valence-electron chi connectivity index (χ2n) is 2.49. The topological polar surface area (TPSA) is 39.3 Å². The Morgan fingerprint density at radius 3 is 3.00 bits per heavy atom. The molecule has 4 nitrogen and oxygen atoms in total. The Morgan fingerprint density at radius 1 is 1.50 bits per heavy atom. The number of hydrogen-bond donors (Lipinski definition) is 0. The molecule has 2 aromatic heterocycles. The maximum absolute atomic E-state index is 11.4. The molecular weight excluding hydrogens is 222 g/mol. The summed E-state index contributed by atoms with van der Waals surface area (Å²) >= 11 is 3.12. The molecule has 2 rings (SSSR count). The molecule has 62 valence electrons. The van der Waals surface area contributed by atoms with Gasteiger partial charge in [0, 0.05) is 19.4 Å². The zero-order valence-electron chi connectivity index (χ0n) is 6.36. The van der Waals surface area contributed by atoms with Crippen molar-refractivity contribution in [3.8, 4) is 0 Å². The molecule has 0 saturated heterocycles. The molecule has 0 N–H and O–H groups in total. The average molecular weight is 228 g/mol. The SMILES string of the molecule is Cn1ccn2c(=O)c(Br)cnc12. The van der Waals surface area contributed by atoms with E-state index >= 15 is 0 Å². The minimum atomic E-state index is -0.0828. The van der Waals surface area contributed by atoms with Gasteiger partial charge in [-0.15, -0.1) is 0 Å². The van der Waals surface area contributed by atoms with Crippen molar-refractivity contribution in [1.82, 2.24) is 14.0 Å². The van der Waals surface area contributed by atoms with E-state index in [2.05, 4.69) is 20.9 Å². The Morgan fingerprint density at radius 2 is 2.25 bits per heavy atom. The number of nitrogens with zero attached hydrogens (tertiary/aromatic N) is 3. The predicted molar refractivity (Wildman–Crippen MR) is 48.1 cm³/mol. The number of halogens is 1. The number of hydrogen-bond acceptors (Lipinski definition) is 2. The molecule has 0 atom stereocenters. The maximum Gasteiger partial charge on any atom is 0.273 e. The van der Waals surface area contributed by atoms with Crippen LogP contribution in [0.3, 0.4) is 0 Å². The zero-order valence-corrected chi connectivity index (χ0v) is 7.95. The monoisotopic (exact) mass is 227 g/mol. The van der Waals surface area contributed by atoms with Crippen LogP contribution >= 0.6 is 15.9 Å². The first-order chi connectivity index (χ1) is 5.70. The maximum atomic E-state index is 11.4. The second-order valence-corrected chi connectivity index (χ2v) is 3.34. The van der Waals surface area contributed by atoms with Gasteiger partial charge in [0.05, 0.1) is 6.20 Å². The lowest BCUT2D eigenvalue weighted by Gasteiger charge is -1.94. The van der Waals surface area contributed by atoms with E-state index < -0.39 is 0 Å². The van der Waals surface area contributed by atoms with Gasteiger partial charge in [-0.1, -0.05) is 0 Å². The van der Waals surface area contributed by atoms with Crippen molar-refractivity contribution < 1.29 is 0 Å². The van der Waals surface area contributed by atoms with Gasteiger partial charge in [0.1, 0.15) is 4.47 Å². The van der Waals surface area contributed by atoms with Crippen LogP contribution in [0.2, 0.25) is 0 Å². The first kappa shape index (κ1) is 7.54. The Bertz CT molecular complexity index is 485. The molecule has 0 bridgehead atoms. The van der Waals surface area contributed by atoms with Gasteiger partial charge in [-0.3, -0.25) is 9.20 Å². The molecule has 0 unspecified atom stereocenters. The van der Waals surface area contributed by atoms with Crippen molar-refractivity contribution in [2.45, 2.75) is 0 Å². The van der Waals surface area contributed by atoms with Gasteiger partial charge < -0.3 is 4.57 Å². The Balaban J connectivity index is 3.03. The van der Waals surface area contributed by atoms with Gasteiger partial charge in [-0.05, 0) is 15.9 Å². The van der Waals surface area contributed by atoms with Crippen molar-refractivity contribution in [1.29, 1.82) is 0 Å². The van der Waals surface area contributed by atoms with Crippen molar-refractivity contribution in [3.63, 3.8) is 0 Å². The van der Waals surface area contributed by atoms with E-state index in [1.165, 1.54) is 10.6 Å². The second kappa shape index (κ2) is 2.45. The van der Waals surface area contributed by atoms with Gasteiger partial charge >= 0.3 is 0 Å². The minimum absolute atomic E-state index is 0.0828. The van der Waals surface area contributed by atoms with E-state index in [1.54, 1.807) is 17.0 Å². The summed E-state index contributed by atoms with van der Waals surface area (Å²) in [6.07, 6.45) is 4.99. The molecule has 0 aliphatic carbocycles. The third-order valence-corrected chi connectivity index (χ3v) is 2.23. The lowest BCUT2D eigenvalue weighted by atomic mass is 10.6. The molecule has 0 aliphatic heterocycles. The van der Waals surface area contributed by atoms with Gasteiger partial charge in [0.2, 0.25) is 5.78 Å². The molecule has 0 aromatic carbocycles. The highest BCUT2D eigenvalue weighted by Crippen LogP contribution is 2.02. The van der Waals surface area contributed by atoms with Crippen LogP contribution in [0.1, 0.15) is 0 Å². The molecule has 0 saturated carbocycles. The number of imidazole rings is 1. The Hall–Kier alpha value is -1.10. The van der Waals surface area contributed by atoms with E-state index in [1.807, 2.05) is 7.05 Å². The molecule has 0 amide bonds. The van der Waals surface area contributed by atoms with Crippen LogP contribution in [-0.2, 0) is 7.05 Å². The largest absolute Gasteiger partial charge is 0.320 e. The molecule has 0 spiro atoms. The van der Waals surface area contributed by atoms with Crippen LogP contribution in [0.4, 0.5) is 0 Å². The van der Waals surface area contributed by atoms with E-state index in [9.17, 15) is 4.79 Å². The number of rotatable bonds is 0. The number of fused-ring (bicyclic) bond motifs is 1. The molecule has 12 heavy (non-hydrogen) atoms. The highest BCUT2D eigenvalue weighted by atomic mass is 79.9. The van der Waals surface area contributed by atoms with Crippen LogP contribution < -0.4 is 5.56 Å². The first-order valence-electron chi connectivity index (χ1n) is 3.38. The fourth-order valence-electron chi connectivity index (χ4n) is 1.07. The summed E-state index contributed by atoms with van der Waals surface area (Å²) in [7, 11) is 1.84. The van der Waals surface area contributed by atoms with E-state index in [0.717, 1.165) is 0 Å². The predicted octanol–water partition coefficient (Wildman–Crippen LogP) is 0.795. The van der Waals surface area contributed by atoms with Crippen molar-refractivity contribution in [2.24, 2.45) is 7.05 Å². The minimum Gasteiger partial charge on any atom is -0.320 e. The number of aryl methyl sites for hydroxylation is 1. The van der Waals surface area contributed by atoms with Gasteiger partial charge in [-0.2, -0.15) is 0 Å². The molecule has 0 radical (unpaired) electrons. The fourth-order valence-corrected chi connectivity index (χ4v) is 1.36. The molecule has 0 aliphatic rings. The first-order valence-corrected chi connectivity index (χ1v) is 4.17. The van der Waals surface area contributed by atoms with Crippen molar-refractivity contribution in [3.05, 3.63) is 33.4 Å². The van der Waals surface area contributed by atoms with E-state index in [-0.39, 0.29) is 5.56 Å². The van der Waals surface area contributed by atoms with Crippen LogP contribution in [0, 0.1) is 0 Å². The van der Waals surface area contributed by atoms with E-state index in [0.29, 0.717) is 10.3 Å². The zero-order chi connectivity index (χ0) is 8.72. The standard InChI is InChI=1S/C7H6BrN3O/c1-10-2-3-11-6(12)5(8)4-9-7(10)11/h2-4H,1H3. The fraction of sp³-hybridized carbons (Fsp3) is 0.143. The van der Waals surface area contributed by atoms with E-state index in [4.69, 9.17) is 0 Å². The summed E-state index contributed by atoms with van der Waals surface area (Å²) in [6, 6.07) is 0. The van der Waals surface area contributed by atoms with Crippen LogP contribution in [0.15, 0.2) is 27.9 Å². The normalized spacial score (nSPS) is 10.8. The summed E-state index contributed by atoms with van der Waals surface area (Å²) in [5.74, 6) is 0.642. The molecule has 2 aromatic rings. The summed E-state index contributed by atoms with van der Waals surface area (Å²) in [5, 5.41) is 0. The highest BCUT2D eigenvalue weighted by molar-refractivity contribution is 9.10. The lowest BCUT2D eigenvalue weighted by Crippen LogP contribution is -2.13. The Labute approximate surface area is 76.6 Å². The van der Waals surface area contributed by atoms with Crippen molar-refractivity contribution >= 4 is 21.7 Å². The summed E-state index contributed by atoms with van der Waals surface area (Å²) in [6.45, 7) is 0.